The minimum atomic E-state index is -2.96. The van der Waals surface area contributed by atoms with Crippen LogP contribution >= 0.6 is 24.0 Å². The van der Waals surface area contributed by atoms with E-state index in [-0.39, 0.29) is 35.8 Å². The number of pyridine rings is 1. The molecular formula is C16H25IN6O2S. The zero-order chi connectivity index (χ0) is 18.3. The van der Waals surface area contributed by atoms with Crippen molar-refractivity contribution in [3.05, 3.63) is 42.4 Å². The summed E-state index contributed by atoms with van der Waals surface area (Å²) in [6.45, 7) is 2.50. The quantitative estimate of drug-likeness (QED) is 0.344. The molecule has 2 rings (SSSR count). The maximum absolute atomic E-state index is 11.2. The molecular weight excluding hydrogens is 467 g/mol. The number of hydrogen-bond donors (Lipinski definition) is 2. The molecule has 0 aliphatic carbocycles. The SMILES string of the molecule is CN=C(NCc1ccnc(-n2cccn2)c1)NC(C)CCS(C)(=O)=O.I. The van der Waals surface area contributed by atoms with Crippen LogP contribution in [0.25, 0.3) is 5.82 Å². The van der Waals surface area contributed by atoms with Crippen molar-refractivity contribution in [2.45, 2.75) is 25.9 Å². The molecule has 0 radical (unpaired) electrons. The molecule has 0 amide bonds. The molecule has 1 atom stereocenters. The number of rotatable bonds is 7. The summed E-state index contributed by atoms with van der Waals surface area (Å²) in [5.74, 6) is 1.52. The van der Waals surface area contributed by atoms with Gasteiger partial charge < -0.3 is 10.6 Å². The van der Waals surface area contributed by atoms with Crippen LogP contribution in [0.2, 0.25) is 0 Å². The van der Waals surface area contributed by atoms with Crippen molar-refractivity contribution < 1.29 is 8.42 Å². The number of halogens is 1. The lowest BCUT2D eigenvalue weighted by Gasteiger charge is -2.17. The summed E-state index contributed by atoms with van der Waals surface area (Å²) in [5.41, 5.74) is 1.03. The third-order valence-electron chi connectivity index (χ3n) is 3.54. The summed E-state index contributed by atoms with van der Waals surface area (Å²) in [7, 11) is -1.28. The summed E-state index contributed by atoms with van der Waals surface area (Å²) >= 11 is 0. The van der Waals surface area contributed by atoms with Crippen LogP contribution in [0.4, 0.5) is 0 Å². The second-order valence-corrected chi connectivity index (χ2v) is 8.12. The third-order valence-corrected chi connectivity index (χ3v) is 4.51. The van der Waals surface area contributed by atoms with Crippen molar-refractivity contribution in [2.75, 3.05) is 19.1 Å². The van der Waals surface area contributed by atoms with E-state index in [0.717, 1.165) is 11.4 Å². The number of nitrogens with one attached hydrogen (secondary N) is 2. The van der Waals surface area contributed by atoms with Crippen LogP contribution in [0.1, 0.15) is 18.9 Å². The maximum Gasteiger partial charge on any atom is 0.191 e. The van der Waals surface area contributed by atoms with E-state index in [2.05, 4.69) is 25.7 Å². The minimum absolute atomic E-state index is 0. The molecule has 0 saturated heterocycles. The molecule has 10 heteroatoms. The van der Waals surface area contributed by atoms with Crippen molar-refractivity contribution in [1.29, 1.82) is 0 Å². The number of aliphatic imine (C=N–C) groups is 1. The van der Waals surface area contributed by atoms with Crippen molar-refractivity contribution in [3.8, 4) is 5.82 Å². The minimum Gasteiger partial charge on any atom is -0.354 e. The van der Waals surface area contributed by atoms with Gasteiger partial charge in [-0.05, 0) is 37.1 Å². The lowest BCUT2D eigenvalue weighted by molar-refractivity contribution is 0.581. The van der Waals surface area contributed by atoms with Gasteiger partial charge >= 0.3 is 0 Å². The van der Waals surface area contributed by atoms with Crippen LogP contribution in [0, 0.1) is 0 Å². The van der Waals surface area contributed by atoms with Gasteiger partial charge in [0, 0.05) is 44.5 Å². The molecule has 1 unspecified atom stereocenters. The Labute approximate surface area is 171 Å². The Kier molecular flexibility index (Phi) is 8.99. The standard InChI is InChI=1S/C16H24N6O2S.HI/c1-13(6-10-25(3,23)24)21-16(17-2)19-12-14-5-8-18-15(11-14)22-9-4-7-20-22;/h4-5,7-9,11,13H,6,10,12H2,1-3H3,(H2,17,19,21);1H. The molecule has 144 valence electrons. The summed E-state index contributed by atoms with van der Waals surface area (Å²) < 4.78 is 24.2. The van der Waals surface area contributed by atoms with Gasteiger partial charge in [-0.2, -0.15) is 5.10 Å². The molecule has 0 saturated carbocycles. The molecule has 0 aromatic carbocycles. The Morgan fingerprint density at radius 3 is 2.77 bits per heavy atom. The molecule has 0 bridgehead atoms. The molecule has 0 spiro atoms. The number of nitrogens with zero attached hydrogens (tertiary/aromatic N) is 4. The lowest BCUT2D eigenvalue weighted by Crippen LogP contribution is -2.42. The van der Waals surface area contributed by atoms with Gasteiger partial charge in [-0.15, -0.1) is 24.0 Å². The second kappa shape index (κ2) is 10.5. The summed E-state index contributed by atoms with van der Waals surface area (Å²) in [4.78, 5) is 8.47. The van der Waals surface area contributed by atoms with Gasteiger partial charge in [0.2, 0.25) is 0 Å². The predicted molar refractivity (Wildman–Crippen MR) is 114 cm³/mol. The molecule has 0 fully saturated rings. The Morgan fingerprint density at radius 1 is 1.38 bits per heavy atom. The number of sulfone groups is 1. The van der Waals surface area contributed by atoms with Gasteiger partial charge in [0.15, 0.2) is 11.8 Å². The zero-order valence-corrected chi connectivity index (χ0v) is 18.2. The van der Waals surface area contributed by atoms with Gasteiger partial charge in [-0.3, -0.25) is 4.99 Å². The van der Waals surface area contributed by atoms with E-state index in [0.29, 0.717) is 18.9 Å². The van der Waals surface area contributed by atoms with Crippen LogP contribution in [-0.4, -0.2) is 54.2 Å². The number of aromatic nitrogens is 3. The van der Waals surface area contributed by atoms with Crippen LogP contribution in [0.5, 0.6) is 0 Å². The fourth-order valence-corrected chi connectivity index (χ4v) is 2.96. The van der Waals surface area contributed by atoms with Crippen LogP contribution in [0.15, 0.2) is 41.8 Å². The Bertz CT molecular complexity index is 808. The zero-order valence-electron chi connectivity index (χ0n) is 15.1. The third kappa shape index (κ3) is 7.68. The molecule has 8 nitrogen and oxygen atoms in total. The largest absolute Gasteiger partial charge is 0.354 e. The van der Waals surface area contributed by atoms with Crippen molar-refractivity contribution in [1.82, 2.24) is 25.4 Å². The van der Waals surface area contributed by atoms with E-state index in [4.69, 9.17) is 0 Å². The van der Waals surface area contributed by atoms with E-state index >= 15 is 0 Å². The van der Waals surface area contributed by atoms with Gasteiger partial charge in [0.1, 0.15) is 9.84 Å². The smallest absolute Gasteiger partial charge is 0.191 e. The van der Waals surface area contributed by atoms with Crippen LogP contribution in [-0.2, 0) is 16.4 Å². The first-order chi connectivity index (χ1) is 11.9. The highest BCUT2D eigenvalue weighted by atomic mass is 127. The molecule has 2 aromatic rings. The van der Waals surface area contributed by atoms with Gasteiger partial charge in [0.05, 0.1) is 5.75 Å². The number of hydrogen-bond acceptors (Lipinski definition) is 5. The van der Waals surface area contributed by atoms with E-state index in [1.807, 2.05) is 31.3 Å². The van der Waals surface area contributed by atoms with Gasteiger partial charge in [-0.25, -0.2) is 18.1 Å². The average molecular weight is 492 g/mol. The lowest BCUT2D eigenvalue weighted by atomic mass is 10.2. The molecule has 26 heavy (non-hydrogen) atoms. The number of guanidine groups is 1. The first-order valence-electron chi connectivity index (χ1n) is 7.97. The summed E-state index contributed by atoms with van der Waals surface area (Å²) in [6, 6.07) is 5.70. The van der Waals surface area contributed by atoms with Crippen molar-refractivity contribution in [3.63, 3.8) is 0 Å². The maximum atomic E-state index is 11.2. The molecule has 2 heterocycles. The Morgan fingerprint density at radius 2 is 2.15 bits per heavy atom. The van der Waals surface area contributed by atoms with E-state index in [9.17, 15) is 8.42 Å². The first-order valence-corrected chi connectivity index (χ1v) is 10.0. The monoisotopic (exact) mass is 492 g/mol. The molecule has 0 aliphatic heterocycles. The highest BCUT2D eigenvalue weighted by molar-refractivity contribution is 14.0. The van der Waals surface area contributed by atoms with Crippen LogP contribution in [0.3, 0.4) is 0 Å². The van der Waals surface area contributed by atoms with E-state index in [1.165, 1.54) is 6.26 Å². The predicted octanol–water partition coefficient (Wildman–Crippen LogP) is 1.37. The van der Waals surface area contributed by atoms with Gasteiger partial charge in [-0.1, -0.05) is 0 Å². The summed E-state index contributed by atoms with van der Waals surface area (Å²) in [5, 5.41) is 10.6. The summed E-state index contributed by atoms with van der Waals surface area (Å²) in [6.07, 6.45) is 7.05. The molecule has 2 aromatic heterocycles. The Balaban J connectivity index is 0.00000338. The molecule has 2 N–H and O–H groups in total. The van der Waals surface area contributed by atoms with E-state index in [1.54, 1.807) is 24.1 Å². The van der Waals surface area contributed by atoms with E-state index < -0.39 is 9.84 Å². The normalized spacial score (nSPS) is 13.0. The fraction of sp³-hybridized carbons (Fsp3) is 0.438. The second-order valence-electron chi connectivity index (χ2n) is 5.86. The van der Waals surface area contributed by atoms with Crippen molar-refractivity contribution in [2.24, 2.45) is 4.99 Å². The average Bonchev–Trinajstić information content (AvgIpc) is 3.11. The highest BCUT2D eigenvalue weighted by Crippen LogP contribution is 2.06. The van der Waals surface area contributed by atoms with Crippen molar-refractivity contribution >= 4 is 39.8 Å². The highest BCUT2D eigenvalue weighted by Gasteiger charge is 2.09. The first kappa shape index (κ1) is 22.4. The van der Waals surface area contributed by atoms with Gasteiger partial charge in [0.25, 0.3) is 0 Å². The Hall–Kier alpha value is -1.69. The van der Waals surface area contributed by atoms with Crippen LogP contribution < -0.4 is 10.6 Å². The topological polar surface area (TPSA) is 101 Å². The fourth-order valence-electron chi connectivity index (χ4n) is 2.18. The molecule has 0 aliphatic rings.